The van der Waals surface area contributed by atoms with Crippen LogP contribution < -0.4 is 5.76 Å². The van der Waals surface area contributed by atoms with E-state index in [1.165, 1.54) is 23.3 Å². The lowest BCUT2D eigenvalue weighted by Crippen LogP contribution is -2.32. The van der Waals surface area contributed by atoms with Gasteiger partial charge >= 0.3 is 5.76 Å². The number of nitro groups is 1. The van der Waals surface area contributed by atoms with Gasteiger partial charge in [-0.1, -0.05) is 11.6 Å². The average molecular weight is 393 g/mol. The maximum absolute atomic E-state index is 12.3. The lowest BCUT2D eigenvalue weighted by molar-refractivity contribution is -0.384. The summed E-state index contributed by atoms with van der Waals surface area (Å²) in [6.07, 6.45) is 1.50. The van der Waals surface area contributed by atoms with Crippen LogP contribution >= 0.6 is 11.6 Å². The highest BCUT2D eigenvalue weighted by Gasteiger charge is 2.19. The van der Waals surface area contributed by atoms with Gasteiger partial charge in [0.15, 0.2) is 0 Å². The molecule has 10 nitrogen and oxygen atoms in total. The lowest BCUT2D eigenvalue weighted by atomic mass is 10.2. The van der Waals surface area contributed by atoms with Crippen molar-refractivity contribution in [1.82, 2.24) is 14.7 Å². The number of carbonyl (C=O) groups is 1. The third-order valence-corrected chi connectivity index (χ3v) is 4.00. The van der Waals surface area contributed by atoms with E-state index in [4.69, 9.17) is 20.4 Å². The van der Waals surface area contributed by atoms with Gasteiger partial charge in [0, 0.05) is 19.2 Å². The molecular formula is C16H13ClN4O6. The van der Waals surface area contributed by atoms with Crippen LogP contribution in [0.5, 0.6) is 0 Å². The number of furan rings is 1. The van der Waals surface area contributed by atoms with E-state index in [-0.39, 0.29) is 41.2 Å². The van der Waals surface area contributed by atoms with Crippen LogP contribution in [0.15, 0.2) is 50.2 Å². The van der Waals surface area contributed by atoms with Crippen LogP contribution in [0.1, 0.15) is 5.76 Å². The average Bonchev–Trinajstić information content (AvgIpc) is 3.24. The molecule has 0 spiro atoms. The Kier molecular flexibility index (Phi) is 5.08. The topological polar surface area (TPSA) is 125 Å². The van der Waals surface area contributed by atoms with Crippen molar-refractivity contribution in [3.63, 3.8) is 0 Å². The van der Waals surface area contributed by atoms with Crippen molar-refractivity contribution in [3.8, 4) is 11.5 Å². The third-order valence-electron chi connectivity index (χ3n) is 3.68. The third kappa shape index (κ3) is 4.06. The summed E-state index contributed by atoms with van der Waals surface area (Å²) in [6.45, 7) is -0.108. The Bertz CT molecular complexity index is 1040. The SMILES string of the molecule is CN(Cc1ccco1)C(=O)Cn1nc(-c2ccc([N+](=O)[O-])cc2Cl)oc1=O. The molecule has 0 radical (unpaired) electrons. The number of carbonyl (C=O) groups excluding carboxylic acids is 1. The molecule has 0 atom stereocenters. The van der Waals surface area contributed by atoms with Gasteiger partial charge < -0.3 is 13.7 Å². The number of halogens is 1. The molecule has 3 rings (SSSR count). The van der Waals surface area contributed by atoms with Crippen LogP contribution in [0.25, 0.3) is 11.5 Å². The number of amides is 1. The van der Waals surface area contributed by atoms with E-state index in [1.54, 1.807) is 19.2 Å². The molecule has 27 heavy (non-hydrogen) atoms. The van der Waals surface area contributed by atoms with Crippen molar-refractivity contribution < 1.29 is 18.6 Å². The second-order valence-corrected chi connectivity index (χ2v) is 5.99. The van der Waals surface area contributed by atoms with Crippen molar-refractivity contribution in [2.45, 2.75) is 13.1 Å². The summed E-state index contributed by atoms with van der Waals surface area (Å²) < 4.78 is 11.0. The molecule has 0 aliphatic carbocycles. The van der Waals surface area contributed by atoms with Crippen LogP contribution in [0.2, 0.25) is 5.02 Å². The largest absolute Gasteiger partial charge is 0.467 e. The second-order valence-electron chi connectivity index (χ2n) is 5.58. The van der Waals surface area contributed by atoms with Crippen molar-refractivity contribution in [1.29, 1.82) is 0 Å². The quantitative estimate of drug-likeness (QED) is 0.465. The number of nitrogens with zero attached hydrogens (tertiary/aromatic N) is 4. The van der Waals surface area contributed by atoms with E-state index in [2.05, 4.69) is 5.10 Å². The molecule has 0 saturated heterocycles. The summed E-state index contributed by atoms with van der Waals surface area (Å²) in [5.74, 6) is -0.777. The molecule has 1 aromatic carbocycles. The minimum absolute atomic E-state index is 0.00105. The monoisotopic (exact) mass is 392 g/mol. The Morgan fingerprint density at radius 1 is 1.41 bits per heavy atom. The molecule has 140 valence electrons. The maximum Gasteiger partial charge on any atom is 0.437 e. The van der Waals surface area contributed by atoms with Crippen molar-refractivity contribution in [3.05, 3.63) is 68.0 Å². The highest BCUT2D eigenvalue weighted by molar-refractivity contribution is 6.33. The van der Waals surface area contributed by atoms with E-state index in [0.717, 1.165) is 10.7 Å². The van der Waals surface area contributed by atoms with Crippen molar-refractivity contribution in [2.24, 2.45) is 0 Å². The molecule has 2 aromatic heterocycles. The van der Waals surface area contributed by atoms with Crippen molar-refractivity contribution in [2.75, 3.05) is 7.05 Å². The fourth-order valence-corrected chi connectivity index (χ4v) is 2.53. The smallest absolute Gasteiger partial charge is 0.437 e. The first-order chi connectivity index (χ1) is 12.8. The molecule has 1 amide bonds. The summed E-state index contributed by atoms with van der Waals surface area (Å²) >= 11 is 6.00. The summed E-state index contributed by atoms with van der Waals surface area (Å²) in [7, 11) is 1.56. The van der Waals surface area contributed by atoms with Gasteiger partial charge in [-0.25, -0.2) is 4.79 Å². The minimum atomic E-state index is -0.848. The number of hydrogen-bond donors (Lipinski definition) is 0. The predicted octanol–water partition coefficient (Wildman–Crippen LogP) is 2.32. The number of likely N-dealkylation sites (N-methyl/N-ethyl adjacent to an activating group) is 1. The van der Waals surface area contributed by atoms with E-state index in [9.17, 15) is 19.7 Å². The van der Waals surface area contributed by atoms with Crippen LogP contribution in [0, 0.1) is 10.1 Å². The first-order valence-electron chi connectivity index (χ1n) is 7.64. The fourth-order valence-electron chi connectivity index (χ4n) is 2.28. The Morgan fingerprint density at radius 2 is 2.19 bits per heavy atom. The molecule has 0 N–H and O–H groups in total. The molecule has 0 aliphatic rings. The number of non-ortho nitro benzene ring substituents is 1. The Morgan fingerprint density at radius 3 is 2.81 bits per heavy atom. The van der Waals surface area contributed by atoms with Crippen molar-refractivity contribution >= 4 is 23.2 Å². The van der Waals surface area contributed by atoms with Gasteiger partial charge in [-0.15, -0.1) is 5.10 Å². The van der Waals surface area contributed by atoms with Crippen LogP contribution in [0.4, 0.5) is 5.69 Å². The molecule has 2 heterocycles. The van der Waals surface area contributed by atoms with E-state index >= 15 is 0 Å². The number of nitro benzene ring substituents is 1. The van der Waals surface area contributed by atoms with Crippen LogP contribution in [0.3, 0.4) is 0 Å². The molecular weight excluding hydrogens is 380 g/mol. The summed E-state index contributed by atoms with van der Waals surface area (Å²) in [6, 6.07) is 7.08. The van der Waals surface area contributed by atoms with Gasteiger partial charge in [0.25, 0.3) is 11.6 Å². The number of benzene rings is 1. The zero-order valence-corrected chi connectivity index (χ0v) is 14.8. The molecule has 0 aliphatic heterocycles. The molecule has 0 fully saturated rings. The standard InChI is InChI=1S/C16H13ClN4O6/c1-19(8-11-3-2-6-26-11)14(22)9-20-16(23)27-15(18-20)12-5-4-10(21(24)25)7-13(12)17/h2-7H,8-9H2,1H3. The minimum Gasteiger partial charge on any atom is -0.467 e. The van der Waals surface area contributed by atoms with E-state index in [0.29, 0.717) is 5.76 Å². The highest BCUT2D eigenvalue weighted by atomic mass is 35.5. The Labute approximate surface area is 156 Å². The number of rotatable bonds is 6. The molecule has 0 unspecified atom stereocenters. The van der Waals surface area contributed by atoms with Gasteiger partial charge in [0.2, 0.25) is 5.91 Å². The van der Waals surface area contributed by atoms with Gasteiger partial charge in [-0.2, -0.15) is 4.68 Å². The predicted molar refractivity (Wildman–Crippen MR) is 93.0 cm³/mol. The summed E-state index contributed by atoms with van der Waals surface area (Å²) in [4.78, 5) is 35.8. The molecule has 0 bridgehead atoms. The normalized spacial score (nSPS) is 10.7. The molecule has 11 heteroatoms. The molecule has 0 saturated carbocycles. The first-order valence-corrected chi connectivity index (χ1v) is 8.01. The molecule has 3 aromatic rings. The maximum atomic E-state index is 12.3. The number of aromatic nitrogens is 2. The zero-order chi connectivity index (χ0) is 19.6. The van der Waals surface area contributed by atoms with Gasteiger partial charge in [-0.3, -0.25) is 14.9 Å². The Hall–Kier alpha value is -3.40. The van der Waals surface area contributed by atoms with E-state index < -0.39 is 10.7 Å². The fraction of sp³-hybridized carbons (Fsp3) is 0.188. The van der Waals surface area contributed by atoms with Gasteiger partial charge in [-0.05, 0) is 18.2 Å². The Balaban J connectivity index is 1.77. The first kappa shape index (κ1) is 18.4. The summed E-state index contributed by atoms with van der Waals surface area (Å²) in [5, 5.41) is 14.7. The summed E-state index contributed by atoms with van der Waals surface area (Å²) in [5.41, 5.74) is -0.00485. The van der Waals surface area contributed by atoms with Gasteiger partial charge in [0.05, 0.1) is 28.3 Å². The van der Waals surface area contributed by atoms with Gasteiger partial charge in [0.1, 0.15) is 12.3 Å². The lowest BCUT2D eigenvalue weighted by Gasteiger charge is -2.14. The number of hydrogen-bond acceptors (Lipinski definition) is 7. The van der Waals surface area contributed by atoms with Crippen LogP contribution in [-0.4, -0.2) is 32.6 Å². The van der Waals surface area contributed by atoms with Crippen LogP contribution in [-0.2, 0) is 17.9 Å². The second kappa shape index (κ2) is 7.46. The van der Waals surface area contributed by atoms with E-state index in [1.807, 2.05) is 0 Å². The highest BCUT2D eigenvalue weighted by Crippen LogP contribution is 2.29. The zero-order valence-electron chi connectivity index (χ0n) is 14.0.